The van der Waals surface area contributed by atoms with Gasteiger partial charge in [-0.15, -0.1) is 0 Å². The van der Waals surface area contributed by atoms with Gasteiger partial charge in [-0.3, -0.25) is 4.79 Å². The van der Waals surface area contributed by atoms with Gasteiger partial charge in [0.25, 0.3) is 5.91 Å². The third kappa shape index (κ3) is 2.32. The van der Waals surface area contributed by atoms with Crippen LogP contribution in [0.1, 0.15) is 10.4 Å². The molecule has 96 valence electrons. The molecule has 0 atom stereocenters. The molecule has 0 radical (unpaired) electrons. The van der Waals surface area contributed by atoms with E-state index >= 15 is 0 Å². The highest BCUT2D eigenvalue weighted by molar-refractivity contribution is 6.38. The number of rotatable bonds is 4. The Hall–Kier alpha value is -1.59. The Bertz CT molecular complexity index is 591. The average Bonchev–Trinajstić information content (AvgIpc) is 2.70. The van der Waals surface area contributed by atoms with Gasteiger partial charge < -0.3 is 15.2 Å². The molecule has 5 nitrogen and oxygen atoms in total. The molecule has 0 fully saturated rings. The van der Waals surface area contributed by atoms with E-state index < -0.39 is 5.91 Å². The molecule has 0 aliphatic rings. The van der Waals surface area contributed by atoms with Crippen LogP contribution < -0.4 is 5.73 Å². The van der Waals surface area contributed by atoms with Gasteiger partial charge in [0.15, 0.2) is 0 Å². The first kappa shape index (κ1) is 12.9. The second kappa shape index (κ2) is 4.96. The van der Waals surface area contributed by atoms with Gasteiger partial charge in [-0.25, -0.2) is 4.98 Å². The topological polar surface area (TPSA) is 64.2 Å². The third-order valence-corrected chi connectivity index (χ3v) is 3.18. The molecular weight excluding hydrogens is 252 g/mol. The average molecular weight is 267 g/mol. The zero-order valence-corrected chi connectivity index (χ0v) is 11.1. The number of fused-ring (bicyclic) bond motifs is 1. The molecule has 18 heavy (non-hydrogen) atoms. The fourth-order valence-electron chi connectivity index (χ4n) is 1.77. The van der Waals surface area contributed by atoms with Crippen molar-refractivity contribution in [2.45, 2.75) is 6.54 Å². The van der Waals surface area contributed by atoms with Crippen molar-refractivity contribution < 1.29 is 4.79 Å². The Balaban J connectivity index is 2.43. The Morgan fingerprint density at radius 1 is 1.56 bits per heavy atom. The number of pyridine rings is 1. The summed E-state index contributed by atoms with van der Waals surface area (Å²) in [6.07, 6.45) is 3.34. The Morgan fingerprint density at radius 3 is 2.89 bits per heavy atom. The fraction of sp³-hybridized carbons (Fsp3) is 0.333. The van der Waals surface area contributed by atoms with Gasteiger partial charge in [0, 0.05) is 30.9 Å². The molecule has 0 spiro atoms. The summed E-state index contributed by atoms with van der Waals surface area (Å²) in [5, 5.41) is 1.13. The van der Waals surface area contributed by atoms with Crippen molar-refractivity contribution in [2.75, 3.05) is 20.6 Å². The van der Waals surface area contributed by atoms with Gasteiger partial charge in [0.1, 0.15) is 5.65 Å². The van der Waals surface area contributed by atoms with Crippen LogP contribution in [0.25, 0.3) is 11.0 Å². The summed E-state index contributed by atoms with van der Waals surface area (Å²) >= 11 is 6.15. The zero-order valence-electron chi connectivity index (χ0n) is 10.4. The van der Waals surface area contributed by atoms with E-state index in [0.29, 0.717) is 5.02 Å². The lowest BCUT2D eigenvalue weighted by Gasteiger charge is -2.11. The second-order valence-corrected chi connectivity index (χ2v) is 4.78. The van der Waals surface area contributed by atoms with Crippen LogP contribution in [0.15, 0.2) is 18.5 Å². The highest BCUT2D eigenvalue weighted by Gasteiger charge is 2.13. The zero-order chi connectivity index (χ0) is 13.3. The molecule has 2 aromatic heterocycles. The standard InChI is InChI=1S/C12H15ClN4O/c1-16(2)5-6-17-4-3-8-10(13)9(11(14)18)7-15-12(8)17/h3-4,7H,5-6H2,1-2H3,(H2,14,18). The number of likely N-dealkylation sites (N-methyl/N-ethyl adjacent to an activating group) is 1. The second-order valence-electron chi connectivity index (χ2n) is 4.40. The Morgan fingerprint density at radius 2 is 2.28 bits per heavy atom. The number of primary amides is 1. The molecule has 2 aromatic rings. The molecule has 0 aromatic carbocycles. The van der Waals surface area contributed by atoms with Crippen LogP contribution in [-0.2, 0) is 6.54 Å². The monoisotopic (exact) mass is 266 g/mol. The quantitative estimate of drug-likeness (QED) is 0.909. The van der Waals surface area contributed by atoms with Gasteiger partial charge >= 0.3 is 0 Å². The smallest absolute Gasteiger partial charge is 0.251 e. The van der Waals surface area contributed by atoms with Gasteiger partial charge in [-0.05, 0) is 20.2 Å². The summed E-state index contributed by atoms with van der Waals surface area (Å²) < 4.78 is 2.01. The Labute approximate surface area is 110 Å². The van der Waals surface area contributed by atoms with Crippen LogP contribution in [0.2, 0.25) is 5.02 Å². The molecule has 2 heterocycles. The molecule has 0 saturated carbocycles. The predicted octanol–water partition coefficient (Wildman–Crippen LogP) is 1.35. The number of carbonyl (C=O) groups excluding carboxylic acids is 1. The minimum Gasteiger partial charge on any atom is -0.366 e. The van der Waals surface area contributed by atoms with Gasteiger partial charge in [0.2, 0.25) is 0 Å². The van der Waals surface area contributed by atoms with E-state index in [1.54, 1.807) is 0 Å². The van der Waals surface area contributed by atoms with Crippen LogP contribution in [0, 0.1) is 0 Å². The first-order chi connectivity index (χ1) is 8.50. The number of carbonyl (C=O) groups is 1. The lowest BCUT2D eigenvalue weighted by atomic mass is 10.2. The van der Waals surface area contributed by atoms with Crippen LogP contribution in [0.4, 0.5) is 0 Å². The van der Waals surface area contributed by atoms with E-state index in [9.17, 15) is 4.79 Å². The van der Waals surface area contributed by atoms with E-state index in [4.69, 9.17) is 17.3 Å². The molecule has 6 heteroatoms. The first-order valence-electron chi connectivity index (χ1n) is 5.58. The number of hydrogen-bond donors (Lipinski definition) is 1. The van der Waals surface area contributed by atoms with E-state index in [0.717, 1.165) is 24.1 Å². The highest BCUT2D eigenvalue weighted by Crippen LogP contribution is 2.26. The molecule has 2 N–H and O–H groups in total. The van der Waals surface area contributed by atoms with Crippen molar-refractivity contribution in [3.63, 3.8) is 0 Å². The van der Waals surface area contributed by atoms with E-state index in [2.05, 4.69) is 9.88 Å². The summed E-state index contributed by atoms with van der Waals surface area (Å²) in [5.74, 6) is -0.560. The SMILES string of the molecule is CN(C)CCn1ccc2c(Cl)c(C(N)=O)cnc21. The summed E-state index contributed by atoms with van der Waals surface area (Å²) in [6, 6.07) is 1.85. The van der Waals surface area contributed by atoms with Crippen LogP contribution >= 0.6 is 11.6 Å². The van der Waals surface area contributed by atoms with Gasteiger partial charge in [-0.2, -0.15) is 0 Å². The highest BCUT2D eigenvalue weighted by atomic mass is 35.5. The lowest BCUT2D eigenvalue weighted by molar-refractivity contribution is 0.100. The number of nitrogens with two attached hydrogens (primary N) is 1. The summed E-state index contributed by atoms with van der Waals surface area (Å²) in [5.41, 5.74) is 6.26. The molecule has 0 unspecified atom stereocenters. The molecular formula is C12H15ClN4O. The summed E-state index contributed by atoms with van der Waals surface area (Å²) in [6.45, 7) is 1.72. The largest absolute Gasteiger partial charge is 0.366 e. The van der Waals surface area contributed by atoms with Gasteiger partial charge in [0.05, 0.1) is 10.6 Å². The first-order valence-corrected chi connectivity index (χ1v) is 5.96. The third-order valence-electron chi connectivity index (χ3n) is 2.78. The van der Waals surface area contributed by atoms with Crippen molar-refractivity contribution in [1.82, 2.24) is 14.5 Å². The lowest BCUT2D eigenvalue weighted by Crippen LogP contribution is -2.18. The molecule has 0 saturated heterocycles. The maximum atomic E-state index is 11.2. The molecule has 1 amide bonds. The normalized spacial score (nSPS) is 11.3. The molecule has 0 aliphatic heterocycles. The number of halogens is 1. The van der Waals surface area contributed by atoms with E-state index in [1.165, 1.54) is 6.20 Å². The predicted molar refractivity (Wildman–Crippen MR) is 71.8 cm³/mol. The van der Waals surface area contributed by atoms with Crippen molar-refractivity contribution in [3.8, 4) is 0 Å². The fourth-order valence-corrected chi connectivity index (χ4v) is 2.06. The molecule has 2 rings (SSSR count). The number of nitrogens with zero attached hydrogens (tertiary/aromatic N) is 3. The number of amides is 1. The van der Waals surface area contributed by atoms with E-state index in [1.807, 2.05) is 30.9 Å². The van der Waals surface area contributed by atoms with Crippen molar-refractivity contribution in [1.29, 1.82) is 0 Å². The van der Waals surface area contributed by atoms with Crippen LogP contribution in [0.5, 0.6) is 0 Å². The van der Waals surface area contributed by atoms with Crippen molar-refractivity contribution in [3.05, 3.63) is 29.0 Å². The minimum atomic E-state index is -0.560. The number of hydrogen-bond acceptors (Lipinski definition) is 3. The van der Waals surface area contributed by atoms with Gasteiger partial charge in [-0.1, -0.05) is 11.6 Å². The minimum absolute atomic E-state index is 0.259. The van der Waals surface area contributed by atoms with Crippen LogP contribution in [0.3, 0.4) is 0 Å². The summed E-state index contributed by atoms with van der Waals surface area (Å²) in [4.78, 5) is 17.5. The van der Waals surface area contributed by atoms with Crippen molar-refractivity contribution >= 4 is 28.5 Å². The molecule has 0 aliphatic carbocycles. The van der Waals surface area contributed by atoms with E-state index in [-0.39, 0.29) is 5.56 Å². The summed E-state index contributed by atoms with van der Waals surface area (Å²) in [7, 11) is 4.02. The number of aromatic nitrogens is 2. The maximum Gasteiger partial charge on any atom is 0.251 e. The molecule has 0 bridgehead atoms. The maximum absolute atomic E-state index is 11.2. The van der Waals surface area contributed by atoms with Crippen LogP contribution in [-0.4, -0.2) is 41.0 Å². The Kier molecular flexibility index (Phi) is 3.54. The van der Waals surface area contributed by atoms with Crippen molar-refractivity contribution in [2.24, 2.45) is 5.73 Å².